The Bertz CT molecular complexity index is 247. The van der Waals surface area contributed by atoms with E-state index in [4.69, 9.17) is 0 Å². The molecule has 1 saturated carbocycles. The number of nitrogens with zero attached hydrogens (tertiary/aromatic N) is 1. The van der Waals surface area contributed by atoms with E-state index in [-0.39, 0.29) is 6.04 Å². The van der Waals surface area contributed by atoms with Crippen LogP contribution in [0.1, 0.15) is 52.4 Å². The zero-order valence-corrected chi connectivity index (χ0v) is 10.1. The minimum Gasteiger partial charge on any atom is -0.298 e. The summed E-state index contributed by atoms with van der Waals surface area (Å²) in [5.41, 5.74) is 0.413. The maximum atomic E-state index is 11.9. The van der Waals surface area contributed by atoms with Crippen molar-refractivity contribution in [1.82, 2.24) is 4.90 Å². The second kappa shape index (κ2) is 4.25. The molecule has 0 N–H and O–H groups in total. The summed E-state index contributed by atoms with van der Waals surface area (Å²) in [6.07, 6.45) is 6.86. The molecule has 2 aliphatic rings. The molecule has 86 valence electrons. The molecule has 0 spiro atoms. The predicted octanol–water partition coefficient (Wildman–Crippen LogP) is 2.62. The van der Waals surface area contributed by atoms with Crippen molar-refractivity contribution >= 4 is 5.78 Å². The fourth-order valence-electron chi connectivity index (χ4n) is 3.09. The molecule has 0 aromatic carbocycles. The number of hydrogen-bond donors (Lipinski definition) is 0. The lowest BCUT2D eigenvalue weighted by Gasteiger charge is -2.42. The van der Waals surface area contributed by atoms with Crippen molar-refractivity contribution in [3.8, 4) is 0 Å². The standard InChI is InChI=1S/C13H23NO/c1-13(2)8-5-9-14(10-13)11-6-3-4-7-12(11)15/h11H,3-10H2,1-2H3. The van der Waals surface area contributed by atoms with Gasteiger partial charge >= 0.3 is 0 Å². The van der Waals surface area contributed by atoms with Crippen LogP contribution in [0.4, 0.5) is 0 Å². The topological polar surface area (TPSA) is 20.3 Å². The first kappa shape index (κ1) is 11.1. The summed E-state index contributed by atoms with van der Waals surface area (Å²) >= 11 is 0. The third-order valence-corrected chi connectivity index (χ3v) is 3.89. The molecule has 0 bridgehead atoms. The van der Waals surface area contributed by atoms with E-state index in [2.05, 4.69) is 18.7 Å². The minimum absolute atomic E-state index is 0.262. The maximum absolute atomic E-state index is 11.9. The van der Waals surface area contributed by atoms with Gasteiger partial charge in [0, 0.05) is 13.0 Å². The van der Waals surface area contributed by atoms with Crippen molar-refractivity contribution < 1.29 is 4.79 Å². The van der Waals surface area contributed by atoms with Crippen LogP contribution in [0.2, 0.25) is 0 Å². The summed E-state index contributed by atoms with van der Waals surface area (Å²) in [5, 5.41) is 0. The molecule has 2 rings (SSSR count). The van der Waals surface area contributed by atoms with E-state index in [0.717, 1.165) is 32.4 Å². The van der Waals surface area contributed by atoms with Crippen molar-refractivity contribution in [3.63, 3.8) is 0 Å². The van der Waals surface area contributed by atoms with Crippen molar-refractivity contribution in [2.75, 3.05) is 13.1 Å². The van der Waals surface area contributed by atoms with Crippen LogP contribution in [0.5, 0.6) is 0 Å². The van der Waals surface area contributed by atoms with Crippen molar-refractivity contribution in [3.05, 3.63) is 0 Å². The Morgan fingerprint density at radius 3 is 2.73 bits per heavy atom. The molecule has 1 aliphatic heterocycles. The summed E-state index contributed by atoms with van der Waals surface area (Å²) < 4.78 is 0. The molecule has 1 aliphatic carbocycles. The second-order valence-corrected chi connectivity index (χ2v) is 5.97. The number of hydrogen-bond acceptors (Lipinski definition) is 2. The minimum atomic E-state index is 0.262. The molecular formula is C13H23NO. The molecule has 0 radical (unpaired) electrons. The highest BCUT2D eigenvalue weighted by atomic mass is 16.1. The van der Waals surface area contributed by atoms with Crippen LogP contribution in [-0.2, 0) is 4.79 Å². The number of piperidine rings is 1. The van der Waals surface area contributed by atoms with Gasteiger partial charge in [-0.2, -0.15) is 0 Å². The zero-order valence-electron chi connectivity index (χ0n) is 10.1. The largest absolute Gasteiger partial charge is 0.298 e. The summed E-state index contributed by atoms with van der Waals surface area (Å²) in [4.78, 5) is 14.3. The highest BCUT2D eigenvalue weighted by Gasteiger charge is 2.34. The normalized spacial score (nSPS) is 32.9. The van der Waals surface area contributed by atoms with E-state index >= 15 is 0 Å². The van der Waals surface area contributed by atoms with E-state index < -0.39 is 0 Å². The van der Waals surface area contributed by atoms with Crippen molar-refractivity contribution in [2.45, 2.75) is 58.4 Å². The number of Topliss-reactive ketones (excluding diaryl/α,β-unsaturated/α-hetero) is 1. The van der Waals surface area contributed by atoms with E-state index in [1.54, 1.807) is 0 Å². The summed E-state index contributed by atoms with van der Waals surface area (Å²) in [7, 11) is 0. The van der Waals surface area contributed by atoms with Crippen LogP contribution in [0, 0.1) is 5.41 Å². The van der Waals surface area contributed by atoms with Gasteiger partial charge in [-0.05, 0) is 37.6 Å². The van der Waals surface area contributed by atoms with Gasteiger partial charge in [-0.1, -0.05) is 20.3 Å². The zero-order chi connectivity index (χ0) is 10.9. The molecule has 0 aromatic heterocycles. The number of carbonyl (C=O) groups is 1. The number of carbonyl (C=O) groups excluding carboxylic acids is 1. The van der Waals surface area contributed by atoms with Crippen LogP contribution in [0.25, 0.3) is 0 Å². The van der Waals surface area contributed by atoms with Gasteiger partial charge in [0.15, 0.2) is 0 Å². The first-order valence-corrected chi connectivity index (χ1v) is 6.35. The number of ketones is 1. The smallest absolute Gasteiger partial charge is 0.149 e. The molecule has 2 fully saturated rings. The van der Waals surface area contributed by atoms with E-state index in [1.165, 1.54) is 19.3 Å². The maximum Gasteiger partial charge on any atom is 0.149 e. The molecular weight excluding hydrogens is 186 g/mol. The molecule has 1 atom stereocenters. The third kappa shape index (κ3) is 2.60. The molecule has 2 heteroatoms. The average molecular weight is 209 g/mol. The van der Waals surface area contributed by atoms with Gasteiger partial charge in [-0.25, -0.2) is 0 Å². The monoisotopic (exact) mass is 209 g/mol. The van der Waals surface area contributed by atoms with E-state index in [9.17, 15) is 4.79 Å². The number of likely N-dealkylation sites (tertiary alicyclic amines) is 1. The predicted molar refractivity (Wildman–Crippen MR) is 61.9 cm³/mol. The fourth-order valence-corrected chi connectivity index (χ4v) is 3.09. The van der Waals surface area contributed by atoms with Gasteiger partial charge in [0.25, 0.3) is 0 Å². The molecule has 1 unspecified atom stereocenters. The average Bonchev–Trinajstić information content (AvgIpc) is 2.17. The lowest BCUT2D eigenvalue weighted by molar-refractivity contribution is -0.127. The molecule has 2 nitrogen and oxygen atoms in total. The third-order valence-electron chi connectivity index (χ3n) is 3.89. The van der Waals surface area contributed by atoms with Crippen LogP contribution in [0.3, 0.4) is 0 Å². The highest BCUT2D eigenvalue weighted by molar-refractivity contribution is 5.84. The summed E-state index contributed by atoms with van der Waals surface area (Å²) in [5.74, 6) is 0.499. The lowest BCUT2D eigenvalue weighted by Crippen LogP contribution is -2.50. The Morgan fingerprint density at radius 1 is 1.27 bits per heavy atom. The van der Waals surface area contributed by atoms with Gasteiger partial charge < -0.3 is 0 Å². The Labute approximate surface area is 93.0 Å². The first-order valence-electron chi connectivity index (χ1n) is 6.35. The molecule has 15 heavy (non-hydrogen) atoms. The van der Waals surface area contributed by atoms with Crippen molar-refractivity contribution in [2.24, 2.45) is 5.41 Å². The van der Waals surface area contributed by atoms with Gasteiger partial charge in [0.05, 0.1) is 6.04 Å². The highest BCUT2D eigenvalue weighted by Crippen LogP contribution is 2.31. The van der Waals surface area contributed by atoms with Crippen LogP contribution in [-0.4, -0.2) is 29.8 Å². The fraction of sp³-hybridized carbons (Fsp3) is 0.923. The second-order valence-electron chi connectivity index (χ2n) is 5.97. The van der Waals surface area contributed by atoms with Crippen LogP contribution >= 0.6 is 0 Å². The molecule has 1 heterocycles. The van der Waals surface area contributed by atoms with E-state index in [1.807, 2.05) is 0 Å². The summed E-state index contributed by atoms with van der Waals surface area (Å²) in [6, 6.07) is 0.262. The van der Waals surface area contributed by atoms with Gasteiger partial charge in [-0.3, -0.25) is 9.69 Å². The lowest BCUT2D eigenvalue weighted by atomic mass is 9.82. The van der Waals surface area contributed by atoms with Gasteiger partial charge in [-0.15, -0.1) is 0 Å². The van der Waals surface area contributed by atoms with E-state index in [0.29, 0.717) is 11.2 Å². The SMILES string of the molecule is CC1(C)CCCN(C2CCCCC2=O)C1. The summed E-state index contributed by atoms with van der Waals surface area (Å²) in [6.45, 7) is 6.90. The Kier molecular flexibility index (Phi) is 3.15. The van der Waals surface area contributed by atoms with Gasteiger partial charge in [0.1, 0.15) is 5.78 Å². The quantitative estimate of drug-likeness (QED) is 0.661. The Balaban J connectivity index is 2.00. The van der Waals surface area contributed by atoms with Crippen LogP contribution < -0.4 is 0 Å². The van der Waals surface area contributed by atoms with Crippen LogP contribution in [0.15, 0.2) is 0 Å². The molecule has 0 amide bonds. The van der Waals surface area contributed by atoms with Crippen molar-refractivity contribution in [1.29, 1.82) is 0 Å². The first-order chi connectivity index (χ1) is 7.08. The number of rotatable bonds is 1. The Hall–Kier alpha value is -0.370. The van der Waals surface area contributed by atoms with Gasteiger partial charge in [0.2, 0.25) is 0 Å². The Morgan fingerprint density at radius 2 is 2.07 bits per heavy atom. The molecule has 1 saturated heterocycles. The molecule has 0 aromatic rings.